The van der Waals surface area contributed by atoms with E-state index in [0.29, 0.717) is 17.3 Å². The van der Waals surface area contributed by atoms with E-state index in [2.05, 4.69) is 10.4 Å². The van der Waals surface area contributed by atoms with Gasteiger partial charge in [0.2, 0.25) is 0 Å². The van der Waals surface area contributed by atoms with Crippen LogP contribution in [-0.2, 0) is 0 Å². The Hall–Kier alpha value is -2.21. The Balaban J connectivity index is 1.63. The van der Waals surface area contributed by atoms with Crippen LogP contribution < -0.4 is 5.32 Å². The normalized spacial score (nSPS) is 21.1. The van der Waals surface area contributed by atoms with Crippen LogP contribution in [0.2, 0.25) is 0 Å². The zero-order valence-corrected chi connectivity index (χ0v) is 12.8. The lowest BCUT2D eigenvalue weighted by Crippen LogP contribution is -2.38. The lowest BCUT2D eigenvalue weighted by atomic mass is 9.86. The Bertz CT molecular complexity index is 678. The average Bonchev–Trinajstić information content (AvgIpc) is 3.06. The van der Waals surface area contributed by atoms with Gasteiger partial charge in [-0.05, 0) is 55.9 Å². The Morgan fingerprint density at radius 1 is 1.30 bits per heavy atom. The number of halogens is 1. The monoisotopic (exact) mass is 317 g/mol. The van der Waals surface area contributed by atoms with Crippen molar-refractivity contribution in [3.05, 3.63) is 48.0 Å². The van der Waals surface area contributed by atoms with Gasteiger partial charge in [-0.2, -0.15) is 5.10 Å². The third kappa shape index (κ3) is 3.76. The van der Waals surface area contributed by atoms with Crippen molar-refractivity contribution in [2.75, 3.05) is 6.61 Å². The number of nitrogens with zero attached hydrogens (tertiary/aromatic N) is 2. The van der Waals surface area contributed by atoms with E-state index in [9.17, 15) is 9.18 Å². The highest BCUT2D eigenvalue weighted by Crippen LogP contribution is 2.23. The van der Waals surface area contributed by atoms with Crippen LogP contribution in [0.25, 0.3) is 5.69 Å². The molecular formula is C17H20FN3O2. The summed E-state index contributed by atoms with van der Waals surface area (Å²) in [6.07, 6.45) is 5.26. The summed E-state index contributed by atoms with van der Waals surface area (Å²) in [5.74, 6) is -0.201. The zero-order valence-electron chi connectivity index (χ0n) is 12.8. The number of nitrogens with one attached hydrogen (secondary N) is 1. The van der Waals surface area contributed by atoms with E-state index in [1.807, 2.05) is 0 Å². The fraction of sp³-hybridized carbons (Fsp3) is 0.412. The summed E-state index contributed by atoms with van der Waals surface area (Å²) in [6, 6.07) is 7.82. The van der Waals surface area contributed by atoms with Crippen LogP contribution in [0.3, 0.4) is 0 Å². The SMILES string of the molecule is O=C(NC1CCC(CO)CC1)c1ccn(-c2cccc(F)c2)n1. The molecule has 1 heterocycles. The first kappa shape index (κ1) is 15.7. The van der Waals surface area contributed by atoms with Gasteiger partial charge in [-0.3, -0.25) is 4.79 Å². The number of hydrogen-bond acceptors (Lipinski definition) is 3. The molecule has 6 heteroatoms. The third-order valence-corrected chi connectivity index (χ3v) is 4.33. The van der Waals surface area contributed by atoms with E-state index in [-0.39, 0.29) is 24.4 Å². The Morgan fingerprint density at radius 2 is 2.09 bits per heavy atom. The number of amides is 1. The second kappa shape index (κ2) is 6.91. The van der Waals surface area contributed by atoms with Crippen LogP contribution in [0.4, 0.5) is 4.39 Å². The highest BCUT2D eigenvalue weighted by Gasteiger charge is 2.23. The molecule has 0 bridgehead atoms. The van der Waals surface area contributed by atoms with Crippen molar-refractivity contribution in [2.45, 2.75) is 31.7 Å². The minimum absolute atomic E-state index is 0.129. The fourth-order valence-corrected chi connectivity index (χ4v) is 2.96. The summed E-state index contributed by atoms with van der Waals surface area (Å²) >= 11 is 0. The Labute approximate surface area is 134 Å². The predicted molar refractivity (Wildman–Crippen MR) is 83.8 cm³/mol. The summed E-state index contributed by atoms with van der Waals surface area (Å²) in [4.78, 5) is 12.3. The van der Waals surface area contributed by atoms with Crippen molar-refractivity contribution in [3.8, 4) is 5.69 Å². The average molecular weight is 317 g/mol. The summed E-state index contributed by atoms with van der Waals surface area (Å²) in [6.45, 7) is 0.221. The molecule has 1 saturated carbocycles. The van der Waals surface area contributed by atoms with Gasteiger partial charge in [-0.25, -0.2) is 9.07 Å². The second-order valence-electron chi connectivity index (χ2n) is 6.00. The van der Waals surface area contributed by atoms with E-state index in [0.717, 1.165) is 25.7 Å². The topological polar surface area (TPSA) is 67.2 Å². The molecule has 3 rings (SSSR count). The van der Waals surface area contributed by atoms with Gasteiger partial charge in [-0.15, -0.1) is 0 Å². The zero-order chi connectivity index (χ0) is 16.2. The molecule has 1 aliphatic carbocycles. The lowest BCUT2D eigenvalue weighted by molar-refractivity contribution is 0.0908. The van der Waals surface area contributed by atoms with Crippen LogP contribution in [0.5, 0.6) is 0 Å². The number of carbonyl (C=O) groups excluding carboxylic acids is 1. The predicted octanol–water partition coefficient (Wildman–Crippen LogP) is 2.29. The molecule has 1 aromatic carbocycles. The first-order chi connectivity index (χ1) is 11.2. The molecule has 122 valence electrons. The number of carbonyl (C=O) groups is 1. The number of aliphatic hydroxyl groups excluding tert-OH is 1. The molecule has 5 nitrogen and oxygen atoms in total. The molecule has 0 saturated heterocycles. The number of rotatable bonds is 4. The molecule has 1 aromatic heterocycles. The highest BCUT2D eigenvalue weighted by molar-refractivity contribution is 5.92. The maximum atomic E-state index is 13.2. The third-order valence-electron chi connectivity index (χ3n) is 4.33. The van der Waals surface area contributed by atoms with Gasteiger partial charge in [-0.1, -0.05) is 6.07 Å². The first-order valence-electron chi connectivity index (χ1n) is 7.89. The fourth-order valence-electron chi connectivity index (χ4n) is 2.96. The Kier molecular flexibility index (Phi) is 4.71. The smallest absolute Gasteiger partial charge is 0.272 e. The first-order valence-corrected chi connectivity index (χ1v) is 7.89. The van der Waals surface area contributed by atoms with Gasteiger partial charge < -0.3 is 10.4 Å². The summed E-state index contributed by atoms with van der Waals surface area (Å²) in [5, 5.41) is 16.3. The number of aliphatic hydroxyl groups is 1. The minimum Gasteiger partial charge on any atom is -0.396 e. The van der Waals surface area contributed by atoms with Crippen molar-refractivity contribution < 1.29 is 14.3 Å². The van der Waals surface area contributed by atoms with Gasteiger partial charge in [0.05, 0.1) is 5.69 Å². The minimum atomic E-state index is -0.343. The number of benzene rings is 1. The van der Waals surface area contributed by atoms with Crippen LogP contribution >= 0.6 is 0 Å². The molecule has 1 aliphatic rings. The number of aromatic nitrogens is 2. The molecule has 2 aromatic rings. The van der Waals surface area contributed by atoms with E-state index in [1.165, 1.54) is 16.8 Å². The van der Waals surface area contributed by atoms with Gasteiger partial charge in [0.1, 0.15) is 5.82 Å². The van der Waals surface area contributed by atoms with Crippen LogP contribution in [-0.4, -0.2) is 33.4 Å². The van der Waals surface area contributed by atoms with Crippen molar-refractivity contribution >= 4 is 5.91 Å². The quantitative estimate of drug-likeness (QED) is 0.909. The van der Waals surface area contributed by atoms with E-state index < -0.39 is 0 Å². The van der Waals surface area contributed by atoms with Gasteiger partial charge in [0.15, 0.2) is 5.69 Å². The molecule has 0 unspecified atom stereocenters. The van der Waals surface area contributed by atoms with Gasteiger partial charge in [0, 0.05) is 18.8 Å². The largest absolute Gasteiger partial charge is 0.396 e. The molecule has 2 N–H and O–H groups in total. The summed E-state index contributed by atoms with van der Waals surface area (Å²) in [5.41, 5.74) is 0.894. The molecule has 1 fully saturated rings. The molecule has 0 radical (unpaired) electrons. The standard InChI is InChI=1S/C17H20FN3O2/c18-13-2-1-3-15(10-13)21-9-8-16(20-21)17(23)19-14-6-4-12(11-22)5-7-14/h1-3,8-10,12,14,22H,4-7,11H2,(H,19,23). The molecule has 23 heavy (non-hydrogen) atoms. The van der Waals surface area contributed by atoms with Crippen LogP contribution in [0, 0.1) is 11.7 Å². The summed E-state index contributed by atoms with van der Waals surface area (Å²) < 4.78 is 14.7. The molecular weight excluding hydrogens is 297 g/mol. The van der Waals surface area contributed by atoms with Crippen molar-refractivity contribution in [1.82, 2.24) is 15.1 Å². The molecule has 0 spiro atoms. The second-order valence-corrected chi connectivity index (χ2v) is 6.00. The van der Waals surface area contributed by atoms with Gasteiger partial charge in [0.25, 0.3) is 5.91 Å². The molecule has 0 atom stereocenters. The van der Waals surface area contributed by atoms with Crippen LogP contribution in [0.1, 0.15) is 36.2 Å². The highest BCUT2D eigenvalue weighted by atomic mass is 19.1. The van der Waals surface area contributed by atoms with Crippen LogP contribution in [0.15, 0.2) is 36.5 Å². The van der Waals surface area contributed by atoms with Crippen molar-refractivity contribution in [2.24, 2.45) is 5.92 Å². The maximum absolute atomic E-state index is 13.2. The van der Waals surface area contributed by atoms with E-state index >= 15 is 0 Å². The number of hydrogen-bond donors (Lipinski definition) is 2. The lowest BCUT2D eigenvalue weighted by Gasteiger charge is -2.27. The van der Waals surface area contributed by atoms with E-state index in [4.69, 9.17) is 5.11 Å². The molecule has 1 amide bonds. The maximum Gasteiger partial charge on any atom is 0.272 e. The Morgan fingerprint density at radius 3 is 2.78 bits per heavy atom. The van der Waals surface area contributed by atoms with Crippen molar-refractivity contribution in [1.29, 1.82) is 0 Å². The van der Waals surface area contributed by atoms with Gasteiger partial charge >= 0.3 is 0 Å². The molecule has 0 aliphatic heterocycles. The van der Waals surface area contributed by atoms with E-state index in [1.54, 1.807) is 24.4 Å². The summed E-state index contributed by atoms with van der Waals surface area (Å²) in [7, 11) is 0. The van der Waals surface area contributed by atoms with Crippen molar-refractivity contribution in [3.63, 3.8) is 0 Å².